The van der Waals surface area contributed by atoms with Crippen molar-refractivity contribution >= 4 is 11.5 Å². The molecule has 0 heterocycles. The van der Waals surface area contributed by atoms with Crippen LogP contribution in [0.25, 0.3) is 0 Å². The van der Waals surface area contributed by atoms with Gasteiger partial charge in [0.15, 0.2) is 5.78 Å². The zero-order valence-electron chi connectivity index (χ0n) is 7.97. The number of hydrogen-bond donors (Lipinski definition) is 0. The van der Waals surface area contributed by atoms with Gasteiger partial charge >= 0.3 is 0 Å². The van der Waals surface area contributed by atoms with Gasteiger partial charge in [-0.15, -0.1) is 12.3 Å². The lowest BCUT2D eigenvalue weighted by Gasteiger charge is -1.97. The number of ketones is 1. The molecular formula is C11H9NO3. The number of non-ortho nitro benzene ring substituents is 1. The number of nitrogens with zero attached hydrogens (tertiary/aromatic N) is 1. The average Bonchev–Trinajstić information content (AvgIpc) is 2.26. The molecule has 4 nitrogen and oxygen atoms in total. The highest BCUT2D eigenvalue weighted by Gasteiger charge is 2.08. The molecule has 0 atom stereocenters. The number of benzene rings is 1. The molecule has 0 bridgehead atoms. The topological polar surface area (TPSA) is 60.2 Å². The average molecular weight is 203 g/mol. The van der Waals surface area contributed by atoms with E-state index in [4.69, 9.17) is 6.42 Å². The predicted octanol–water partition coefficient (Wildman–Crippen LogP) is 2.19. The number of nitro groups is 1. The van der Waals surface area contributed by atoms with E-state index in [1.165, 1.54) is 24.3 Å². The summed E-state index contributed by atoms with van der Waals surface area (Å²) in [4.78, 5) is 21.3. The van der Waals surface area contributed by atoms with Gasteiger partial charge in [-0.3, -0.25) is 14.9 Å². The summed E-state index contributed by atoms with van der Waals surface area (Å²) >= 11 is 0. The molecule has 0 N–H and O–H groups in total. The Morgan fingerprint density at radius 3 is 2.47 bits per heavy atom. The molecule has 0 amide bonds. The van der Waals surface area contributed by atoms with E-state index in [9.17, 15) is 14.9 Å². The number of carbonyl (C=O) groups excluding carboxylic acids is 1. The first-order chi connectivity index (χ1) is 7.15. The second-order valence-electron chi connectivity index (χ2n) is 2.93. The fourth-order valence-electron chi connectivity index (χ4n) is 1.10. The highest BCUT2D eigenvalue weighted by molar-refractivity contribution is 5.96. The maximum atomic E-state index is 11.4. The van der Waals surface area contributed by atoms with Crippen LogP contribution in [0.2, 0.25) is 0 Å². The normalized spacial score (nSPS) is 9.27. The van der Waals surface area contributed by atoms with Crippen LogP contribution in [0.5, 0.6) is 0 Å². The number of terminal acetylenes is 1. The van der Waals surface area contributed by atoms with Gasteiger partial charge in [-0.25, -0.2) is 0 Å². The van der Waals surface area contributed by atoms with Crippen LogP contribution in [-0.4, -0.2) is 10.7 Å². The van der Waals surface area contributed by atoms with Gasteiger partial charge in [-0.1, -0.05) is 0 Å². The van der Waals surface area contributed by atoms with Crippen molar-refractivity contribution in [3.05, 3.63) is 39.9 Å². The van der Waals surface area contributed by atoms with E-state index >= 15 is 0 Å². The van der Waals surface area contributed by atoms with Crippen molar-refractivity contribution in [2.75, 3.05) is 0 Å². The number of carbonyl (C=O) groups is 1. The van der Waals surface area contributed by atoms with Crippen molar-refractivity contribution in [3.63, 3.8) is 0 Å². The third kappa shape index (κ3) is 2.92. The van der Waals surface area contributed by atoms with Gasteiger partial charge in [0, 0.05) is 30.5 Å². The Balaban J connectivity index is 2.76. The van der Waals surface area contributed by atoms with Crippen molar-refractivity contribution in [1.82, 2.24) is 0 Å². The molecule has 0 aliphatic carbocycles. The maximum absolute atomic E-state index is 11.4. The Labute approximate surface area is 87.1 Å². The molecule has 0 saturated heterocycles. The SMILES string of the molecule is C#CCCC(=O)c1ccc([N+](=O)[O-])cc1. The molecule has 0 aliphatic heterocycles. The van der Waals surface area contributed by atoms with Gasteiger partial charge in [-0.2, -0.15) is 0 Å². The molecular weight excluding hydrogens is 194 g/mol. The molecule has 0 aliphatic rings. The zero-order chi connectivity index (χ0) is 11.3. The van der Waals surface area contributed by atoms with E-state index in [1.54, 1.807) is 0 Å². The molecule has 0 fully saturated rings. The lowest BCUT2D eigenvalue weighted by atomic mass is 10.1. The predicted molar refractivity (Wildman–Crippen MR) is 55.5 cm³/mol. The molecule has 0 aromatic heterocycles. The molecule has 0 spiro atoms. The molecule has 4 heteroatoms. The second-order valence-corrected chi connectivity index (χ2v) is 2.93. The summed E-state index contributed by atoms with van der Waals surface area (Å²) in [5, 5.41) is 10.3. The monoisotopic (exact) mass is 203 g/mol. The summed E-state index contributed by atoms with van der Waals surface area (Å²) in [6.45, 7) is 0. The number of nitro benzene ring substituents is 1. The molecule has 76 valence electrons. The molecule has 15 heavy (non-hydrogen) atoms. The van der Waals surface area contributed by atoms with Crippen LogP contribution in [0.15, 0.2) is 24.3 Å². The lowest BCUT2D eigenvalue weighted by Crippen LogP contribution is -1.98. The van der Waals surface area contributed by atoms with E-state index in [-0.39, 0.29) is 17.9 Å². The first kappa shape index (κ1) is 10.9. The zero-order valence-corrected chi connectivity index (χ0v) is 7.97. The molecule has 1 aromatic carbocycles. The molecule has 0 unspecified atom stereocenters. The Kier molecular flexibility index (Phi) is 3.58. The van der Waals surface area contributed by atoms with Gasteiger partial charge in [0.2, 0.25) is 0 Å². The van der Waals surface area contributed by atoms with Gasteiger partial charge < -0.3 is 0 Å². The van der Waals surface area contributed by atoms with Crippen molar-refractivity contribution in [2.45, 2.75) is 12.8 Å². The minimum Gasteiger partial charge on any atom is -0.294 e. The number of hydrogen-bond acceptors (Lipinski definition) is 3. The Hall–Kier alpha value is -2.15. The molecule has 0 saturated carbocycles. The van der Waals surface area contributed by atoms with E-state index in [2.05, 4.69) is 5.92 Å². The van der Waals surface area contributed by atoms with Crippen molar-refractivity contribution in [1.29, 1.82) is 0 Å². The molecule has 1 aromatic rings. The van der Waals surface area contributed by atoms with Gasteiger partial charge in [-0.05, 0) is 12.1 Å². The summed E-state index contributed by atoms with van der Waals surface area (Å²) in [6.07, 6.45) is 5.68. The quantitative estimate of drug-likeness (QED) is 0.326. The third-order valence-corrected chi connectivity index (χ3v) is 1.90. The Morgan fingerprint density at radius 2 is 2.00 bits per heavy atom. The van der Waals surface area contributed by atoms with Gasteiger partial charge in [0.05, 0.1) is 4.92 Å². The van der Waals surface area contributed by atoms with E-state index < -0.39 is 4.92 Å². The highest BCUT2D eigenvalue weighted by Crippen LogP contribution is 2.13. The minimum atomic E-state index is -0.504. The van der Waals surface area contributed by atoms with Crippen molar-refractivity contribution < 1.29 is 9.72 Å². The lowest BCUT2D eigenvalue weighted by molar-refractivity contribution is -0.384. The third-order valence-electron chi connectivity index (χ3n) is 1.90. The number of Topliss-reactive ketones (excluding diaryl/α,β-unsaturated/α-hetero) is 1. The van der Waals surface area contributed by atoms with E-state index in [0.717, 1.165) is 0 Å². The standard InChI is InChI=1S/C11H9NO3/c1-2-3-4-11(13)9-5-7-10(8-6-9)12(14)15/h1,5-8H,3-4H2. The smallest absolute Gasteiger partial charge is 0.269 e. The maximum Gasteiger partial charge on any atom is 0.269 e. The summed E-state index contributed by atoms with van der Waals surface area (Å²) in [6, 6.07) is 5.50. The fraction of sp³-hybridized carbons (Fsp3) is 0.182. The number of rotatable bonds is 4. The molecule has 1 rings (SSSR count). The van der Waals surface area contributed by atoms with Crippen LogP contribution in [0.4, 0.5) is 5.69 Å². The van der Waals surface area contributed by atoms with E-state index in [0.29, 0.717) is 12.0 Å². The second kappa shape index (κ2) is 4.91. The van der Waals surface area contributed by atoms with Gasteiger partial charge in [0.1, 0.15) is 0 Å². The Bertz CT molecular complexity index is 414. The van der Waals surface area contributed by atoms with Crippen LogP contribution in [0.3, 0.4) is 0 Å². The first-order valence-electron chi connectivity index (χ1n) is 4.36. The van der Waals surface area contributed by atoms with Crippen molar-refractivity contribution in [2.24, 2.45) is 0 Å². The Morgan fingerprint density at radius 1 is 1.40 bits per heavy atom. The first-order valence-corrected chi connectivity index (χ1v) is 4.36. The largest absolute Gasteiger partial charge is 0.294 e. The van der Waals surface area contributed by atoms with Crippen LogP contribution < -0.4 is 0 Å². The van der Waals surface area contributed by atoms with Crippen LogP contribution in [0.1, 0.15) is 23.2 Å². The summed E-state index contributed by atoms with van der Waals surface area (Å²) in [5.74, 6) is 2.27. The van der Waals surface area contributed by atoms with Crippen LogP contribution >= 0.6 is 0 Å². The molecule has 0 radical (unpaired) electrons. The van der Waals surface area contributed by atoms with Crippen LogP contribution in [0, 0.1) is 22.5 Å². The van der Waals surface area contributed by atoms with Gasteiger partial charge in [0.25, 0.3) is 5.69 Å². The van der Waals surface area contributed by atoms with E-state index in [1.807, 2.05) is 0 Å². The van der Waals surface area contributed by atoms with Crippen molar-refractivity contribution in [3.8, 4) is 12.3 Å². The minimum absolute atomic E-state index is 0.0245. The highest BCUT2D eigenvalue weighted by atomic mass is 16.6. The summed E-state index contributed by atoms with van der Waals surface area (Å²) < 4.78 is 0. The summed E-state index contributed by atoms with van der Waals surface area (Å²) in [5.41, 5.74) is 0.430. The summed E-state index contributed by atoms with van der Waals surface area (Å²) in [7, 11) is 0. The van der Waals surface area contributed by atoms with Crippen LogP contribution in [-0.2, 0) is 0 Å². The fourth-order valence-corrected chi connectivity index (χ4v) is 1.10.